The van der Waals surface area contributed by atoms with E-state index in [1.54, 1.807) is 13.0 Å². The van der Waals surface area contributed by atoms with E-state index in [9.17, 15) is 9.18 Å². The molecule has 0 amide bonds. The Morgan fingerprint density at radius 1 is 1.50 bits per heavy atom. The van der Waals surface area contributed by atoms with Gasteiger partial charge in [0.1, 0.15) is 0 Å². The predicted molar refractivity (Wildman–Crippen MR) is 49.0 cm³/mol. The highest BCUT2D eigenvalue weighted by molar-refractivity contribution is 5.78. The lowest BCUT2D eigenvalue weighted by Gasteiger charge is -2.08. The summed E-state index contributed by atoms with van der Waals surface area (Å²) in [4.78, 5) is 10.5. The molecule has 0 saturated heterocycles. The van der Waals surface area contributed by atoms with E-state index < -0.39 is 5.82 Å². The van der Waals surface area contributed by atoms with Crippen LogP contribution in [0.2, 0.25) is 0 Å². The monoisotopic (exact) mass is 198 g/mol. The van der Waals surface area contributed by atoms with Gasteiger partial charge in [0.15, 0.2) is 24.6 Å². The molecular formula is C10H11FO3. The third kappa shape index (κ3) is 2.09. The van der Waals surface area contributed by atoms with Crippen molar-refractivity contribution in [2.75, 3.05) is 13.9 Å². The highest BCUT2D eigenvalue weighted by Crippen LogP contribution is 2.22. The van der Waals surface area contributed by atoms with Crippen LogP contribution in [0.25, 0.3) is 0 Å². The van der Waals surface area contributed by atoms with Crippen LogP contribution in [0, 0.1) is 12.7 Å². The van der Waals surface area contributed by atoms with Gasteiger partial charge in [-0.05, 0) is 18.6 Å². The van der Waals surface area contributed by atoms with E-state index in [1.807, 2.05) is 0 Å². The van der Waals surface area contributed by atoms with Gasteiger partial charge in [-0.15, -0.1) is 0 Å². The second-order valence-corrected chi connectivity index (χ2v) is 2.78. The normalized spacial score (nSPS) is 9.93. The number of halogens is 1. The summed E-state index contributed by atoms with van der Waals surface area (Å²) in [6, 6.07) is 3.09. The lowest BCUT2D eigenvalue weighted by molar-refractivity contribution is 0.0481. The number of hydrogen-bond donors (Lipinski definition) is 0. The molecule has 0 bridgehead atoms. The Morgan fingerprint density at radius 2 is 2.21 bits per heavy atom. The van der Waals surface area contributed by atoms with Gasteiger partial charge in [-0.3, -0.25) is 4.79 Å². The van der Waals surface area contributed by atoms with Gasteiger partial charge in [-0.25, -0.2) is 4.39 Å². The quantitative estimate of drug-likeness (QED) is 0.547. The number of aryl methyl sites for hydroxylation is 1. The molecule has 0 unspecified atom stereocenters. The minimum Gasteiger partial charge on any atom is -0.464 e. The van der Waals surface area contributed by atoms with Crippen LogP contribution < -0.4 is 4.74 Å². The van der Waals surface area contributed by atoms with Crippen molar-refractivity contribution in [2.24, 2.45) is 0 Å². The van der Waals surface area contributed by atoms with Crippen LogP contribution in [0.15, 0.2) is 12.1 Å². The van der Waals surface area contributed by atoms with Gasteiger partial charge in [0.05, 0.1) is 5.56 Å². The summed E-state index contributed by atoms with van der Waals surface area (Å²) in [5.41, 5.74) is 0.612. The van der Waals surface area contributed by atoms with Crippen molar-refractivity contribution < 1.29 is 18.7 Å². The van der Waals surface area contributed by atoms with Crippen LogP contribution in [0.3, 0.4) is 0 Å². The van der Waals surface area contributed by atoms with E-state index in [0.29, 0.717) is 11.8 Å². The summed E-state index contributed by atoms with van der Waals surface area (Å²) in [7, 11) is 1.44. The van der Waals surface area contributed by atoms with Crippen molar-refractivity contribution in [1.82, 2.24) is 0 Å². The Labute approximate surface area is 81.4 Å². The molecule has 0 atom stereocenters. The number of methoxy groups -OCH3 is 1. The maximum Gasteiger partial charge on any atom is 0.188 e. The molecule has 3 nitrogen and oxygen atoms in total. The first-order chi connectivity index (χ1) is 6.70. The van der Waals surface area contributed by atoms with Crippen molar-refractivity contribution in [1.29, 1.82) is 0 Å². The zero-order valence-electron chi connectivity index (χ0n) is 8.04. The Hall–Kier alpha value is -1.42. The van der Waals surface area contributed by atoms with E-state index in [2.05, 4.69) is 4.74 Å². The van der Waals surface area contributed by atoms with Gasteiger partial charge in [-0.2, -0.15) is 0 Å². The minimum atomic E-state index is -0.642. The maximum atomic E-state index is 13.4. The lowest BCUT2D eigenvalue weighted by atomic mass is 10.1. The van der Waals surface area contributed by atoms with Crippen LogP contribution in [0.4, 0.5) is 4.39 Å². The first-order valence-electron chi connectivity index (χ1n) is 4.06. The fraction of sp³-hybridized carbons (Fsp3) is 0.300. The number of aldehydes is 1. The number of rotatable bonds is 4. The van der Waals surface area contributed by atoms with Crippen LogP contribution in [-0.4, -0.2) is 20.2 Å². The van der Waals surface area contributed by atoms with Crippen LogP contribution >= 0.6 is 0 Å². The Balaban J connectivity index is 3.02. The molecule has 0 radical (unpaired) electrons. The van der Waals surface area contributed by atoms with Gasteiger partial charge >= 0.3 is 0 Å². The Kier molecular flexibility index (Phi) is 3.59. The highest BCUT2D eigenvalue weighted by Gasteiger charge is 2.11. The van der Waals surface area contributed by atoms with Crippen LogP contribution in [-0.2, 0) is 4.74 Å². The summed E-state index contributed by atoms with van der Waals surface area (Å²) < 4.78 is 23.0. The third-order valence-corrected chi connectivity index (χ3v) is 1.81. The first-order valence-corrected chi connectivity index (χ1v) is 4.06. The summed E-state index contributed by atoms with van der Waals surface area (Å²) in [5.74, 6) is -0.614. The molecule has 1 aromatic carbocycles. The van der Waals surface area contributed by atoms with Crippen molar-refractivity contribution in [2.45, 2.75) is 6.92 Å². The molecule has 1 rings (SSSR count). The second kappa shape index (κ2) is 4.72. The number of carbonyl (C=O) groups is 1. The predicted octanol–water partition coefficient (Wildman–Crippen LogP) is 1.93. The van der Waals surface area contributed by atoms with Crippen molar-refractivity contribution in [3.8, 4) is 5.75 Å². The number of carbonyl (C=O) groups excluding carboxylic acids is 1. The average Bonchev–Trinajstić information content (AvgIpc) is 2.18. The highest BCUT2D eigenvalue weighted by atomic mass is 19.1. The van der Waals surface area contributed by atoms with Crippen molar-refractivity contribution in [3.63, 3.8) is 0 Å². The van der Waals surface area contributed by atoms with E-state index in [4.69, 9.17) is 4.74 Å². The number of benzene rings is 1. The summed E-state index contributed by atoms with van der Waals surface area (Å²) in [5, 5.41) is 0. The fourth-order valence-corrected chi connectivity index (χ4v) is 1.05. The van der Waals surface area contributed by atoms with Crippen molar-refractivity contribution >= 4 is 6.29 Å². The first kappa shape index (κ1) is 10.7. The van der Waals surface area contributed by atoms with Crippen LogP contribution in [0.5, 0.6) is 5.75 Å². The molecular weight excluding hydrogens is 187 g/mol. The van der Waals surface area contributed by atoms with Gasteiger partial charge in [-0.1, -0.05) is 6.07 Å². The molecule has 0 aliphatic heterocycles. The third-order valence-electron chi connectivity index (χ3n) is 1.81. The average molecular weight is 198 g/mol. The molecule has 0 aromatic heterocycles. The Morgan fingerprint density at radius 3 is 2.79 bits per heavy atom. The molecule has 0 fully saturated rings. The zero-order valence-corrected chi connectivity index (χ0v) is 8.04. The van der Waals surface area contributed by atoms with E-state index >= 15 is 0 Å². The molecule has 1 aromatic rings. The topological polar surface area (TPSA) is 35.5 Å². The van der Waals surface area contributed by atoms with E-state index in [0.717, 1.165) is 0 Å². The fourth-order valence-electron chi connectivity index (χ4n) is 1.05. The zero-order chi connectivity index (χ0) is 10.6. The maximum absolute atomic E-state index is 13.4. The van der Waals surface area contributed by atoms with Crippen LogP contribution in [0.1, 0.15) is 15.9 Å². The number of ether oxygens (including phenoxy) is 2. The minimum absolute atomic E-state index is 0.0265. The van der Waals surface area contributed by atoms with Gasteiger partial charge in [0.2, 0.25) is 0 Å². The van der Waals surface area contributed by atoms with E-state index in [-0.39, 0.29) is 18.1 Å². The van der Waals surface area contributed by atoms with Gasteiger partial charge < -0.3 is 9.47 Å². The molecule has 0 spiro atoms. The summed E-state index contributed by atoms with van der Waals surface area (Å²) >= 11 is 0. The Bertz CT molecular complexity index is 336. The SMILES string of the molecule is COCOc1ccc(C)c(C=O)c1F. The summed E-state index contributed by atoms with van der Waals surface area (Å²) in [6.07, 6.45) is 0.477. The smallest absolute Gasteiger partial charge is 0.188 e. The van der Waals surface area contributed by atoms with Gasteiger partial charge in [0.25, 0.3) is 0 Å². The molecule has 0 aliphatic rings. The number of hydrogen-bond acceptors (Lipinski definition) is 3. The second-order valence-electron chi connectivity index (χ2n) is 2.78. The van der Waals surface area contributed by atoms with Gasteiger partial charge in [0, 0.05) is 7.11 Å². The molecule has 4 heteroatoms. The van der Waals surface area contributed by atoms with Crippen molar-refractivity contribution in [3.05, 3.63) is 29.1 Å². The molecule has 0 N–H and O–H groups in total. The molecule has 0 heterocycles. The molecule has 14 heavy (non-hydrogen) atoms. The lowest BCUT2D eigenvalue weighted by Crippen LogP contribution is -2.03. The molecule has 76 valence electrons. The largest absolute Gasteiger partial charge is 0.464 e. The molecule has 0 aliphatic carbocycles. The summed E-state index contributed by atoms with van der Waals surface area (Å²) in [6.45, 7) is 1.62. The standard InChI is InChI=1S/C10H11FO3/c1-7-3-4-9(14-6-13-2)10(11)8(7)5-12/h3-5H,6H2,1-2H3. The van der Waals surface area contributed by atoms with E-state index in [1.165, 1.54) is 13.2 Å². The molecule has 0 saturated carbocycles.